The van der Waals surface area contributed by atoms with Crippen LogP contribution < -0.4 is 0 Å². The highest BCUT2D eigenvalue weighted by molar-refractivity contribution is 6.25. The molecular weight excluding hydrogens is 845 g/mol. The van der Waals surface area contributed by atoms with Gasteiger partial charge in [0.25, 0.3) is 0 Å². The molecule has 4 heterocycles. The number of aromatic nitrogens is 4. The summed E-state index contributed by atoms with van der Waals surface area (Å²) in [5.74, 6) is 1.70. The largest absolute Gasteiger partial charge is 0.456 e. The van der Waals surface area contributed by atoms with Crippen LogP contribution in [0.1, 0.15) is 0 Å². The Kier molecular flexibility index (Phi) is 7.97. The number of fused-ring (bicyclic) bond motifs is 13. The fourth-order valence-electron chi connectivity index (χ4n) is 10.7. The first-order valence-electron chi connectivity index (χ1n) is 23.2. The molecule has 15 rings (SSSR count). The van der Waals surface area contributed by atoms with Gasteiger partial charge >= 0.3 is 0 Å². The average Bonchev–Trinajstić information content (AvgIpc) is 4.08. The monoisotopic (exact) mass is 880 g/mol. The molecule has 0 saturated carbocycles. The maximum atomic E-state index is 7.00. The molecule has 0 saturated heterocycles. The first-order chi connectivity index (χ1) is 34.2. The first kappa shape index (κ1) is 37.8. The first-order valence-corrected chi connectivity index (χ1v) is 23.2. The zero-order valence-electron chi connectivity index (χ0n) is 36.9. The van der Waals surface area contributed by atoms with Gasteiger partial charge in [-0.1, -0.05) is 158 Å². The van der Waals surface area contributed by atoms with Crippen molar-refractivity contribution < 1.29 is 8.83 Å². The molecule has 0 atom stereocenters. The maximum Gasteiger partial charge on any atom is 0.164 e. The molecule has 0 fully saturated rings. The Morgan fingerprint density at radius 3 is 1.54 bits per heavy atom. The molecule has 0 aliphatic rings. The van der Waals surface area contributed by atoms with E-state index in [4.69, 9.17) is 23.8 Å². The van der Waals surface area contributed by atoms with E-state index in [1.54, 1.807) is 0 Å². The van der Waals surface area contributed by atoms with Crippen molar-refractivity contribution in [2.45, 2.75) is 0 Å². The molecule has 15 aromatic rings. The summed E-state index contributed by atoms with van der Waals surface area (Å²) in [6, 6.07) is 76.9. The van der Waals surface area contributed by atoms with Gasteiger partial charge in [-0.25, -0.2) is 15.0 Å². The molecule has 0 N–H and O–H groups in total. The van der Waals surface area contributed by atoms with Crippen molar-refractivity contribution in [3.05, 3.63) is 218 Å². The van der Waals surface area contributed by atoms with Crippen LogP contribution in [-0.2, 0) is 0 Å². The number of furan rings is 2. The van der Waals surface area contributed by atoms with Crippen LogP contribution in [-0.4, -0.2) is 19.5 Å². The van der Waals surface area contributed by atoms with E-state index in [2.05, 4.69) is 180 Å². The fraction of sp³-hybridized carbons (Fsp3) is 0. The topological polar surface area (TPSA) is 69.9 Å². The van der Waals surface area contributed by atoms with E-state index in [-0.39, 0.29) is 0 Å². The molecule has 6 heteroatoms. The Hall–Kier alpha value is -9.39. The predicted molar refractivity (Wildman–Crippen MR) is 283 cm³/mol. The molecule has 0 spiro atoms. The van der Waals surface area contributed by atoms with E-state index in [0.717, 1.165) is 99.2 Å². The summed E-state index contributed by atoms with van der Waals surface area (Å²) < 4.78 is 15.7. The molecule has 0 radical (unpaired) electrons. The summed E-state index contributed by atoms with van der Waals surface area (Å²) in [4.78, 5) is 15.8. The quantitative estimate of drug-likeness (QED) is 0.172. The number of benzene rings is 11. The van der Waals surface area contributed by atoms with Crippen LogP contribution in [0.3, 0.4) is 0 Å². The maximum absolute atomic E-state index is 7.00. The number of hydrogen-bond donors (Lipinski definition) is 0. The highest BCUT2D eigenvalue weighted by Crippen LogP contribution is 2.45. The lowest BCUT2D eigenvalue weighted by Crippen LogP contribution is -2.00. The van der Waals surface area contributed by atoms with Gasteiger partial charge in [0.1, 0.15) is 22.3 Å². The second-order valence-electron chi connectivity index (χ2n) is 17.9. The Morgan fingerprint density at radius 2 is 0.812 bits per heavy atom. The second-order valence-corrected chi connectivity index (χ2v) is 17.9. The van der Waals surface area contributed by atoms with Gasteiger partial charge < -0.3 is 13.4 Å². The number of rotatable bonds is 5. The molecule has 6 nitrogen and oxygen atoms in total. The molecular formula is C63H36N4O2. The van der Waals surface area contributed by atoms with Gasteiger partial charge in [-0.3, -0.25) is 0 Å². The summed E-state index contributed by atoms with van der Waals surface area (Å²) in [7, 11) is 0. The van der Waals surface area contributed by atoms with Crippen LogP contribution in [0.4, 0.5) is 0 Å². The minimum atomic E-state index is 0.557. The molecule has 69 heavy (non-hydrogen) atoms. The summed E-state index contributed by atoms with van der Waals surface area (Å²) >= 11 is 0. The van der Waals surface area contributed by atoms with Crippen LogP contribution in [0.25, 0.3) is 149 Å². The number of para-hydroxylation sites is 1. The molecule has 0 aliphatic carbocycles. The van der Waals surface area contributed by atoms with Crippen molar-refractivity contribution >= 4 is 98.0 Å². The van der Waals surface area contributed by atoms with E-state index < -0.39 is 0 Å². The third-order valence-corrected chi connectivity index (χ3v) is 14.0. The van der Waals surface area contributed by atoms with Crippen molar-refractivity contribution in [1.29, 1.82) is 0 Å². The minimum Gasteiger partial charge on any atom is -0.456 e. The molecule has 0 bridgehead atoms. The van der Waals surface area contributed by atoms with Crippen LogP contribution in [0.2, 0.25) is 0 Å². The zero-order valence-corrected chi connectivity index (χ0v) is 36.9. The number of nitrogens with zero attached hydrogens (tertiary/aromatic N) is 4. The molecule has 4 aromatic heterocycles. The van der Waals surface area contributed by atoms with E-state index in [0.29, 0.717) is 17.5 Å². The van der Waals surface area contributed by atoms with Gasteiger partial charge in [-0.15, -0.1) is 0 Å². The van der Waals surface area contributed by atoms with Gasteiger partial charge in [0.05, 0.1) is 16.7 Å². The lowest BCUT2D eigenvalue weighted by molar-refractivity contribution is 0.668. The second kappa shape index (κ2) is 14.6. The fourth-order valence-corrected chi connectivity index (χ4v) is 10.7. The third kappa shape index (κ3) is 5.82. The molecule has 0 aliphatic heterocycles. The van der Waals surface area contributed by atoms with Gasteiger partial charge in [0.2, 0.25) is 0 Å². The summed E-state index contributed by atoms with van der Waals surface area (Å²) in [5, 5.41) is 13.4. The predicted octanol–water partition coefficient (Wildman–Crippen LogP) is 16.9. The Bertz CT molecular complexity index is 4510. The molecule has 0 amide bonds. The third-order valence-electron chi connectivity index (χ3n) is 14.0. The summed E-state index contributed by atoms with van der Waals surface area (Å²) in [6.07, 6.45) is 0. The standard InChI is InChI=1S/C63H36N4O2/c1-2-13-37(14-3-1)38-25-27-39(28-26-38)61-64-62(44-29-30-56-51(33-44)46-20-10-11-23-55(46)68-56)66-63(65-61)48-22-12-24-57-60(48)59-47-21-9-8-19-45(47)54(36-58(59)69-57)67-52-34-42-17-6-4-15-40(42)31-49(52)50-32-41-16-5-7-18-43(41)35-53(50)67/h1-36H. The van der Waals surface area contributed by atoms with Gasteiger partial charge in [-0.2, -0.15) is 0 Å². The van der Waals surface area contributed by atoms with Gasteiger partial charge in [0, 0.05) is 60.5 Å². The molecule has 0 unspecified atom stereocenters. The van der Waals surface area contributed by atoms with Crippen LogP contribution in [0.15, 0.2) is 227 Å². The lowest BCUT2D eigenvalue weighted by atomic mass is 9.99. The smallest absolute Gasteiger partial charge is 0.164 e. The Morgan fingerprint density at radius 1 is 0.290 bits per heavy atom. The summed E-state index contributed by atoms with van der Waals surface area (Å²) in [5.41, 5.74) is 11.4. The van der Waals surface area contributed by atoms with Crippen LogP contribution in [0, 0.1) is 0 Å². The van der Waals surface area contributed by atoms with E-state index >= 15 is 0 Å². The SMILES string of the molecule is c1ccc(-c2ccc(-c3nc(-c4ccc5oc6ccccc6c5c4)nc(-c4cccc5oc6cc(-n7c8cc9ccccc9cc8c8cc9ccccc9cc87)c7ccccc7c6c45)n3)cc2)cc1. The van der Waals surface area contributed by atoms with Crippen LogP contribution >= 0.6 is 0 Å². The average molecular weight is 881 g/mol. The van der Waals surface area contributed by atoms with Gasteiger partial charge in [-0.05, 0) is 92.7 Å². The van der Waals surface area contributed by atoms with Crippen LogP contribution in [0.5, 0.6) is 0 Å². The van der Waals surface area contributed by atoms with Crippen molar-refractivity contribution in [2.24, 2.45) is 0 Å². The molecule has 11 aromatic carbocycles. The normalized spacial score (nSPS) is 12.1. The Labute approximate surface area is 394 Å². The lowest BCUT2D eigenvalue weighted by Gasteiger charge is -2.14. The summed E-state index contributed by atoms with van der Waals surface area (Å²) in [6.45, 7) is 0. The van der Waals surface area contributed by atoms with E-state index in [9.17, 15) is 0 Å². The minimum absolute atomic E-state index is 0.557. The van der Waals surface area contributed by atoms with Gasteiger partial charge in [0.15, 0.2) is 17.5 Å². The van der Waals surface area contributed by atoms with Crippen molar-refractivity contribution in [2.75, 3.05) is 0 Å². The Balaban J connectivity index is 0.977. The highest BCUT2D eigenvalue weighted by Gasteiger charge is 2.23. The van der Waals surface area contributed by atoms with Crippen molar-refractivity contribution in [1.82, 2.24) is 19.5 Å². The zero-order chi connectivity index (χ0) is 45.2. The van der Waals surface area contributed by atoms with Crippen molar-refractivity contribution in [3.63, 3.8) is 0 Å². The van der Waals surface area contributed by atoms with E-state index in [1.807, 2.05) is 42.5 Å². The molecule has 320 valence electrons. The van der Waals surface area contributed by atoms with Crippen molar-refractivity contribution in [3.8, 4) is 51.0 Å². The number of hydrogen-bond acceptors (Lipinski definition) is 5. The van der Waals surface area contributed by atoms with E-state index in [1.165, 1.54) is 32.3 Å². The highest BCUT2D eigenvalue weighted by atomic mass is 16.3.